The van der Waals surface area contributed by atoms with E-state index in [4.69, 9.17) is 4.98 Å². The second kappa shape index (κ2) is 6.64. The van der Waals surface area contributed by atoms with Gasteiger partial charge < -0.3 is 4.57 Å². The van der Waals surface area contributed by atoms with E-state index in [0.717, 1.165) is 50.2 Å². The molecule has 1 aliphatic heterocycles. The first-order valence-corrected chi connectivity index (χ1v) is 9.35. The topological polar surface area (TPSA) is 38.9 Å². The number of aryl methyl sites for hydroxylation is 3. The highest BCUT2D eigenvalue weighted by molar-refractivity contribution is 5.75. The van der Waals surface area contributed by atoms with Crippen molar-refractivity contribution in [2.24, 2.45) is 0 Å². The van der Waals surface area contributed by atoms with Crippen LogP contribution < -0.4 is 0 Å². The summed E-state index contributed by atoms with van der Waals surface area (Å²) in [4.78, 5) is 7.41. The summed E-state index contributed by atoms with van der Waals surface area (Å²) in [5.41, 5.74) is 4.76. The van der Waals surface area contributed by atoms with Gasteiger partial charge in [0.05, 0.1) is 29.3 Å². The smallest absolute Gasteiger partial charge is 0.124 e. The van der Waals surface area contributed by atoms with Gasteiger partial charge in [0, 0.05) is 25.3 Å². The van der Waals surface area contributed by atoms with E-state index in [1.807, 2.05) is 0 Å². The molecule has 0 aliphatic carbocycles. The van der Waals surface area contributed by atoms with Gasteiger partial charge in [-0.1, -0.05) is 12.1 Å². The summed E-state index contributed by atoms with van der Waals surface area (Å²) in [7, 11) is 0. The monoisotopic (exact) mass is 337 g/mol. The summed E-state index contributed by atoms with van der Waals surface area (Å²) in [6.45, 7) is 10.6. The molecule has 0 spiro atoms. The summed E-state index contributed by atoms with van der Waals surface area (Å²) in [5.74, 6) is 1.19. The van der Waals surface area contributed by atoms with Crippen molar-refractivity contribution in [3.05, 3.63) is 47.5 Å². The Hall–Kier alpha value is -2.14. The Morgan fingerprint density at radius 2 is 1.88 bits per heavy atom. The number of hydrogen-bond donors (Lipinski definition) is 0. The maximum atomic E-state index is 4.88. The molecule has 0 N–H and O–H groups in total. The van der Waals surface area contributed by atoms with Crippen molar-refractivity contribution in [1.29, 1.82) is 0 Å². The molecule has 0 radical (unpaired) electrons. The first-order chi connectivity index (χ1) is 12.2. The van der Waals surface area contributed by atoms with Crippen molar-refractivity contribution < 1.29 is 0 Å². The predicted octanol–water partition coefficient (Wildman–Crippen LogP) is 3.71. The molecule has 4 rings (SSSR count). The number of nitrogens with zero attached hydrogens (tertiary/aromatic N) is 5. The van der Waals surface area contributed by atoms with Gasteiger partial charge in [-0.25, -0.2) is 4.98 Å². The second-order valence-electron chi connectivity index (χ2n) is 7.14. The van der Waals surface area contributed by atoms with Crippen LogP contribution in [0, 0.1) is 13.8 Å². The summed E-state index contributed by atoms with van der Waals surface area (Å²) >= 11 is 0. The van der Waals surface area contributed by atoms with Crippen molar-refractivity contribution in [2.45, 2.75) is 52.7 Å². The van der Waals surface area contributed by atoms with Crippen LogP contribution in [0.25, 0.3) is 11.0 Å². The van der Waals surface area contributed by atoms with E-state index in [2.05, 4.69) is 70.4 Å². The second-order valence-corrected chi connectivity index (χ2v) is 7.14. The predicted molar refractivity (Wildman–Crippen MR) is 101 cm³/mol. The van der Waals surface area contributed by atoms with E-state index in [0.29, 0.717) is 6.04 Å². The van der Waals surface area contributed by atoms with Crippen molar-refractivity contribution in [3.8, 4) is 0 Å². The molecule has 1 aliphatic rings. The minimum Gasteiger partial charge on any atom is -0.327 e. The van der Waals surface area contributed by atoms with Gasteiger partial charge in [-0.2, -0.15) is 5.10 Å². The van der Waals surface area contributed by atoms with Crippen molar-refractivity contribution in [2.75, 3.05) is 13.1 Å². The maximum Gasteiger partial charge on any atom is 0.124 e. The Morgan fingerprint density at radius 3 is 2.56 bits per heavy atom. The van der Waals surface area contributed by atoms with E-state index < -0.39 is 0 Å². The zero-order valence-corrected chi connectivity index (χ0v) is 15.4. The molecule has 1 saturated heterocycles. The quantitative estimate of drug-likeness (QED) is 0.728. The van der Waals surface area contributed by atoms with Gasteiger partial charge >= 0.3 is 0 Å². The number of piperidine rings is 1. The molecule has 0 unspecified atom stereocenters. The molecule has 0 atom stereocenters. The highest BCUT2D eigenvalue weighted by atomic mass is 15.3. The number of fused-ring (bicyclic) bond motifs is 1. The van der Waals surface area contributed by atoms with Crippen LogP contribution >= 0.6 is 0 Å². The van der Waals surface area contributed by atoms with E-state index in [1.165, 1.54) is 17.0 Å². The van der Waals surface area contributed by atoms with Crippen molar-refractivity contribution in [3.63, 3.8) is 0 Å². The maximum absolute atomic E-state index is 4.88. The van der Waals surface area contributed by atoms with Gasteiger partial charge in [-0.3, -0.25) is 9.58 Å². The first-order valence-electron chi connectivity index (χ1n) is 9.35. The lowest BCUT2D eigenvalue weighted by molar-refractivity contribution is 0.167. The molecule has 5 heteroatoms. The lowest BCUT2D eigenvalue weighted by Gasteiger charge is -2.32. The summed E-state index contributed by atoms with van der Waals surface area (Å²) in [6, 6.07) is 11.2. The zero-order valence-electron chi connectivity index (χ0n) is 15.4. The molecule has 5 nitrogen and oxygen atoms in total. The molecule has 2 aromatic heterocycles. The first kappa shape index (κ1) is 16.3. The molecule has 132 valence electrons. The van der Waals surface area contributed by atoms with Crippen LogP contribution in [-0.4, -0.2) is 37.3 Å². The van der Waals surface area contributed by atoms with E-state index in [1.54, 1.807) is 0 Å². The van der Waals surface area contributed by atoms with Gasteiger partial charge in [0.15, 0.2) is 0 Å². The number of hydrogen-bond acceptors (Lipinski definition) is 3. The molecule has 0 amide bonds. The average molecular weight is 337 g/mol. The Bertz CT molecular complexity index is 867. The molecule has 1 aromatic carbocycles. The third kappa shape index (κ3) is 3.09. The third-order valence-electron chi connectivity index (χ3n) is 5.36. The summed E-state index contributed by atoms with van der Waals surface area (Å²) in [6.07, 6.45) is 2.32. The Morgan fingerprint density at radius 1 is 1.12 bits per heavy atom. The summed E-state index contributed by atoms with van der Waals surface area (Å²) in [5, 5.41) is 4.68. The number of benzene rings is 1. The molecule has 1 fully saturated rings. The zero-order chi connectivity index (χ0) is 17.4. The lowest BCUT2D eigenvalue weighted by Crippen LogP contribution is -2.35. The Kier molecular flexibility index (Phi) is 4.34. The number of rotatable bonds is 4. The highest BCUT2D eigenvalue weighted by Gasteiger charge is 2.23. The fourth-order valence-electron chi connectivity index (χ4n) is 4.14. The van der Waals surface area contributed by atoms with E-state index in [-0.39, 0.29) is 0 Å². The fourth-order valence-corrected chi connectivity index (χ4v) is 4.14. The standard InChI is InChI=1S/C20H27N5/c1-4-24-19-8-6-5-7-18(19)21-20(24)14-23-11-9-17(10-12-23)25-16(3)13-15(2)22-25/h5-8,13,17H,4,9-12,14H2,1-3H3. The molecular formula is C20H27N5. The van der Waals surface area contributed by atoms with Crippen LogP contribution in [-0.2, 0) is 13.1 Å². The Labute approximate surface area is 149 Å². The van der Waals surface area contributed by atoms with Crippen LogP contribution in [0.15, 0.2) is 30.3 Å². The minimum absolute atomic E-state index is 0.537. The van der Waals surface area contributed by atoms with Crippen LogP contribution in [0.5, 0.6) is 0 Å². The van der Waals surface area contributed by atoms with Gasteiger partial charge in [-0.05, 0) is 51.8 Å². The average Bonchev–Trinajstić information content (AvgIpc) is 3.14. The number of likely N-dealkylation sites (tertiary alicyclic amines) is 1. The number of imidazole rings is 1. The molecule has 3 aromatic rings. The molecule has 3 heterocycles. The van der Waals surface area contributed by atoms with Crippen LogP contribution in [0.2, 0.25) is 0 Å². The highest BCUT2D eigenvalue weighted by Crippen LogP contribution is 2.25. The summed E-state index contributed by atoms with van der Waals surface area (Å²) < 4.78 is 4.58. The largest absolute Gasteiger partial charge is 0.327 e. The number of aromatic nitrogens is 4. The molecular weight excluding hydrogens is 310 g/mol. The van der Waals surface area contributed by atoms with Crippen LogP contribution in [0.4, 0.5) is 0 Å². The van der Waals surface area contributed by atoms with Crippen molar-refractivity contribution >= 4 is 11.0 Å². The third-order valence-corrected chi connectivity index (χ3v) is 5.36. The van der Waals surface area contributed by atoms with Crippen molar-refractivity contribution in [1.82, 2.24) is 24.2 Å². The SMILES string of the molecule is CCn1c(CN2CCC(n3nc(C)cc3C)CC2)nc2ccccc21. The van der Waals surface area contributed by atoms with E-state index in [9.17, 15) is 0 Å². The molecule has 25 heavy (non-hydrogen) atoms. The van der Waals surface area contributed by atoms with Crippen LogP contribution in [0.3, 0.4) is 0 Å². The Balaban J connectivity index is 1.46. The molecule has 0 saturated carbocycles. The van der Waals surface area contributed by atoms with Crippen LogP contribution in [0.1, 0.15) is 43.0 Å². The van der Waals surface area contributed by atoms with Gasteiger partial charge in [0.2, 0.25) is 0 Å². The van der Waals surface area contributed by atoms with Gasteiger partial charge in [0.25, 0.3) is 0 Å². The number of para-hydroxylation sites is 2. The normalized spacial score (nSPS) is 16.8. The minimum atomic E-state index is 0.537. The lowest BCUT2D eigenvalue weighted by atomic mass is 10.1. The fraction of sp³-hybridized carbons (Fsp3) is 0.500. The molecule has 0 bridgehead atoms. The van der Waals surface area contributed by atoms with E-state index >= 15 is 0 Å². The van der Waals surface area contributed by atoms with Gasteiger partial charge in [0.1, 0.15) is 5.82 Å². The van der Waals surface area contributed by atoms with Gasteiger partial charge in [-0.15, -0.1) is 0 Å².